The minimum atomic E-state index is -0.0543. The van der Waals surface area contributed by atoms with Crippen LogP contribution in [0.5, 0.6) is 5.75 Å². The van der Waals surface area contributed by atoms with Crippen LogP contribution in [0, 0.1) is 0 Å². The fraction of sp³-hybridized carbons (Fsp3) is 0.400. The predicted molar refractivity (Wildman–Crippen MR) is 98.1 cm³/mol. The number of amides is 2. The molecule has 0 aliphatic carbocycles. The molecule has 2 aliphatic rings. The second-order valence-corrected chi connectivity index (χ2v) is 6.83. The summed E-state index contributed by atoms with van der Waals surface area (Å²) >= 11 is 0. The number of anilines is 1. The van der Waals surface area contributed by atoms with Gasteiger partial charge in [-0.3, -0.25) is 4.98 Å². The van der Waals surface area contributed by atoms with Crippen LogP contribution in [0.25, 0.3) is 0 Å². The topological polar surface area (TPSA) is 63.7 Å². The molecular weight excluding hydrogens is 330 g/mol. The van der Waals surface area contributed by atoms with Crippen LogP contribution >= 0.6 is 0 Å². The van der Waals surface area contributed by atoms with E-state index in [0.717, 1.165) is 56.1 Å². The molecule has 26 heavy (non-hydrogen) atoms. The van der Waals surface area contributed by atoms with Crippen LogP contribution in [0.4, 0.5) is 10.5 Å². The lowest BCUT2D eigenvalue weighted by Gasteiger charge is -2.47. The quantitative estimate of drug-likeness (QED) is 0.914. The Morgan fingerprint density at radius 2 is 1.92 bits per heavy atom. The van der Waals surface area contributed by atoms with Crippen LogP contribution in [0.2, 0.25) is 0 Å². The average molecular weight is 353 g/mol. The van der Waals surface area contributed by atoms with E-state index in [9.17, 15) is 4.79 Å². The lowest BCUT2D eigenvalue weighted by atomic mass is 9.84. The van der Waals surface area contributed by atoms with Crippen molar-refractivity contribution in [2.75, 3.05) is 25.0 Å². The van der Waals surface area contributed by atoms with Gasteiger partial charge in [0.1, 0.15) is 12.4 Å². The smallest absolute Gasteiger partial charge is 0.321 e. The highest BCUT2D eigenvalue weighted by atomic mass is 16.5. The van der Waals surface area contributed by atoms with E-state index in [2.05, 4.69) is 10.3 Å². The molecule has 0 radical (unpaired) electrons. The van der Waals surface area contributed by atoms with Gasteiger partial charge in [0, 0.05) is 25.0 Å². The van der Waals surface area contributed by atoms with Gasteiger partial charge >= 0.3 is 6.03 Å². The molecule has 0 bridgehead atoms. The summed E-state index contributed by atoms with van der Waals surface area (Å²) in [7, 11) is 0. The second-order valence-electron chi connectivity index (χ2n) is 6.83. The normalized spacial score (nSPS) is 18.2. The summed E-state index contributed by atoms with van der Waals surface area (Å²) in [5.74, 6) is 0.746. The number of rotatable bonds is 4. The fourth-order valence-corrected chi connectivity index (χ4v) is 3.38. The molecule has 0 atom stereocenters. The first-order valence-electron chi connectivity index (χ1n) is 9.05. The first-order chi connectivity index (χ1) is 12.7. The van der Waals surface area contributed by atoms with E-state index in [-0.39, 0.29) is 11.6 Å². The molecule has 6 heteroatoms. The van der Waals surface area contributed by atoms with E-state index in [1.807, 2.05) is 47.4 Å². The largest absolute Gasteiger partial charge is 0.487 e. The number of nitrogens with one attached hydrogen (secondary N) is 1. The molecule has 4 rings (SSSR count). The number of urea groups is 1. The van der Waals surface area contributed by atoms with Gasteiger partial charge in [-0.25, -0.2) is 4.79 Å². The summed E-state index contributed by atoms with van der Waals surface area (Å²) in [5, 5.41) is 2.95. The summed E-state index contributed by atoms with van der Waals surface area (Å²) in [6, 6.07) is 13.1. The maximum atomic E-state index is 12.4. The van der Waals surface area contributed by atoms with Crippen molar-refractivity contribution < 1.29 is 14.3 Å². The van der Waals surface area contributed by atoms with Gasteiger partial charge in [0.15, 0.2) is 0 Å². The van der Waals surface area contributed by atoms with Crippen molar-refractivity contribution in [3.63, 3.8) is 0 Å². The zero-order chi connectivity index (χ0) is 17.8. The third-order valence-corrected chi connectivity index (χ3v) is 5.15. The first kappa shape index (κ1) is 16.8. The third-order valence-electron chi connectivity index (χ3n) is 5.15. The molecule has 2 amide bonds. The Kier molecular flexibility index (Phi) is 4.75. The Bertz CT molecular complexity index is 735. The van der Waals surface area contributed by atoms with E-state index in [1.54, 1.807) is 6.20 Å². The van der Waals surface area contributed by atoms with Crippen LogP contribution < -0.4 is 10.1 Å². The van der Waals surface area contributed by atoms with Crippen molar-refractivity contribution in [2.45, 2.75) is 31.5 Å². The summed E-state index contributed by atoms with van der Waals surface area (Å²) < 4.78 is 11.4. The summed E-state index contributed by atoms with van der Waals surface area (Å²) in [5.41, 5.74) is 1.70. The maximum Gasteiger partial charge on any atom is 0.321 e. The van der Waals surface area contributed by atoms with Crippen molar-refractivity contribution in [3.05, 3.63) is 54.4 Å². The van der Waals surface area contributed by atoms with Crippen LogP contribution in [0.15, 0.2) is 48.7 Å². The summed E-state index contributed by atoms with van der Waals surface area (Å²) in [6.07, 6.45) is 4.74. The number of hydrogen-bond donors (Lipinski definition) is 1. The highest BCUT2D eigenvalue weighted by Crippen LogP contribution is 2.36. The van der Waals surface area contributed by atoms with Crippen molar-refractivity contribution in [3.8, 4) is 5.75 Å². The highest BCUT2D eigenvalue weighted by Gasteiger charge is 2.41. The van der Waals surface area contributed by atoms with Crippen molar-refractivity contribution in [1.29, 1.82) is 0 Å². The Labute approximate surface area is 153 Å². The molecule has 1 aromatic carbocycles. The zero-order valence-electron chi connectivity index (χ0n) is 14.7. The zero-order valence-corrected chi connectivity index (χ0v) is 14.7. The van der Waals surface area contributed by atoms with E-state index in [4.69, 9.17) is 9.47 Å². The molecule has 0 saturated carbocycles. The number of likely N-dealkylation sites (tertiary alicyclic amines) is 1. The first-order valence-corrected chi connectivity index (χ1v) is 9.05. The third kappa shape index (κ3) is 3.80. The Morgan fingerprint density at radius 3 is 2.54 bits per heavy atom. The molecule has 6 nitrogen and oxygen atoms in total. The van der Waals surface area contributed by atoms with Crippen LogP contribution in [-0.2, 0) is 11.3 Å². The SMILES string of the molecule is O=C(Nc1ccc(OCc2ccccn2)cc1)N1CCC2(CCO2)CC1. The second kappa shape index (κ2) is 7.33. The number of pyridine rings is 1. The number of hydrogen-bond acceptors (Lipinski definition) is 4. The molecule has 2 aliphatic heterocycles. The van der Waals surface area contributed by atoms with Crippen LogP contribution in [0.1, 0.15) is 25.0 Å². The molecule has 2 fully saturated rings. The number of aromatic nitrogens is 1. The van der Waals surface area contributed by atoms with E-state index in [1.165, 1.54) is 0 Å². The van der Waals surface area contributed by atoms with Crippen molar-refractivity contribution >= 4 is 11.7 Å². The van der Waals surface area contributed by atoms with Gasteiger partial charge in [-0.1, -0.05) is 6.07 Å². The fourth-order valence-electron chi connectivity index (χ4n) is 3.38. The van der Waals surface area contributed by atoms with Crippen molar-refractivity contribution in [1.82, 2.24) is 9.88 Å². The van der Waals surface area contributed by atoms with Gasteiger partial charge in [-0.2, -0.15) is 0 Å². The number of nitrogens with zero attached hydrogens (tertiary/aromatic N) is 2. The van der Waals surface area contributed by atoms with Gasteiger partial charge in [-0.15, -0.1) is 0 Å². The molecule has 3 heterocycles. The molecule has 1 N–H and O–H groups in total. The highest BCUT2D eigenvalue weighted by molar-refractivity contribution is 5.89. The molecule has 2 saturated heterocycles. The Morgan fingerprint density at radius 1 is 1.15 bits per heavy atom. The number of carbonyl (C=O) groups is 1. The summed E-state index contributed by atoms with van der Waals surface area (Å²) in [4.78, 5) is 18.5. The maximum absolute atomic E-state index is 12.4. The van der Waals surface area contributed by atoms with Gasteiger partial charge in [0.2, 0.25) is 0 Å². The lowest BCUT2D eigenvalue weighted by Crippen LogP contribution is -2.54. The molecule has 1 aromatic heterocycles. The number of piperidine rings is 1. The molecular formula is C20H23N3O3. The van der Waals surface area contributed by atoms with Crippen LogP contribution in [-0.4, -0.2) is 41.2 Å². The summed E-state index contributed by atoms with van der Waals surface area (Å²) in [6.45, 7) is 2.78. The molecule has 1 spiro atoms. The Hall–Kier alpha value is -2.60. The van der Waals surface area contributed by atoms with Crippen molar-refractivity contribution in [2.24, 2.45) is 0 Å². The lowest BCUT2D eigenvalue weighted by molar-refractivity contribution is -0.168. The van der Waals surface area contributed by atoms with E-state index < -0.39 is 0 Å². The van der Waals surface area contributed by atoms with Gasteiger partial charge in [-0.05, 0) is 55.7 Å². The molecule has 0 unspecified atom stereocenters. The number of ether oxygens (including phenoxy) is 2. The van der Waals surface area contributed by atoms with Gasteiger partial charge in [0.05, 0.1) is 17.9 Å². The number of carbonyl (C=O) groups excluding carboxylic acids is 1. The Balaban J connectivity index is 1.26. The standard InChI is InChI=1S/C20H23N3O3/c24-19(23-12-8-20(9-13-23)10-14-26-20)22-16-4-6-18(7-5-16)25-15-17-3-1-2-11-21-17/h1-7,11H,8-10,12-15H2,(H,22,24). The van der Waals surface area contributed by atoms with Gasteiger partial charge < -0.3 is 19.7 Å². The minimum absolute atomic E-state index is 0.0543. The van der Waals surface area contributed by atoms with E-state index in [0.29, 0.717) is 6.61 Å². The van der Waals surface area contributed by atoms with E-state index >= 15 is 0 Å². The monoisotopic (exact) mass is 353 g/mol. The van der Waals surface area contributed by atoms with Gasteiger partial charge in [0.25, 0.3) is 0 Å². The average Bonchev–Trinajstić information content (AvgIpc) is 2.67. The minimum Gasteiger partial charge on any atom is -0.487 e. The molecule has 136 valence electrons. The molecule has 2 aromatic rings. The number of benzene rings is 1. The van der Waals surface area contributed by atoms with Crippen LogP contribution in [0.3, 0.4) is 0 Å². The predicted octanol–water partition coefficient (Wildman–Crippen LogP) is 3.45.